The van der Waals surface area contributed by atoms with Crippen LogP contribution in [0.4, 0.5) is 5.69 Å². The normalized spacial score (nSPS) is 13.1. The van der Waals surface area contributed by atoms with Crippen LogP contribution >= 0.6 is 0 Å². The highest BCUT2D eigenvalue weighted by Crippen LogP contribution is 2.38. The zero-order valence-corrected chi connectivity index (χ0v) is 20.2. The van der Waals surface area contributed by atoms with Gasteiger partial charge in [-0.3, -0.25) is 9.59 Å². The molecular formula is C33H22N2O2. The van der Waals surface area contributed by atoms with Gasteiger partial charge in [-0.1, -0.05) is 78.4 Å². The summed E-state index contributed by atoms with van der Waals surface area (Å²) in [6.45, 7) is 2.08. The molecule has 1 aromatic heterocycles. The Morgan fingerprint density at radius 3 is 2.08 bits per heavy atom. The molecule has 0 aliphatic carbocycles. The highest BCUT2D eigenvalue weighted by molar-refractivity contribution is 6.35. The summed E-state index contributed by atoms with van der Waals surface area (Å²) in [5, 5.41) is 2.24. The maximum atomic E-state index is 13.9. The second-order valence-corrected chi connectivity index (χ2v) is 9.43. The number of carbonyl (C=O) groups excluding carboxylic acids is 2. The second-order valence-electron chi connectivity index (χ2n) is 9.43. The Labute approximate surface area is 214 Å². The SMILES string of the molecule is Cc1ccc2c(c1)c1ccccc1n2-c1cccc2c1C(=O)N(c1ccc(-c3ccccc3)cc1)C2=O. The Morgan fingerprint density at radius 2 is 1.27 bits per heavy atom. The van der Waals surface area contributed by atoms with E-state index in [0.717, 1.165) is 32.9 Å². The smallest absolute Gasteiger partial charge is 0.268 e. The molecule has 0 radical (unpaired) electrons. The molecule has 37 heavy (non-hydrogen) atoms. The Kier molecular flexibility index (Phi) is 4.63. The number of benzene rings is 5. The Balaban J connectivity index is 1.38. The lowest BCUT2D eigenvalue weighted by molar-refractivity contribution is 0.0926. The summed E-state index contributed by atoms with van der Waals surface area (Å²) in [4.78, 5) is 28.7. The summed E-state index contributed by atoms with van der Waals surface area (Å²) in [5.41, 5.74) is 7.43. The van der Waals surface area contributed by atoms with E-state index >= 15 is 0 Å². The third-order valence-corrected chi connectivity index (χ3v) is 7.19. The van der Waals surface area contributed by atoms with E-state index in [2.05, 4.69) is 41.8 Å². The number of aryl methyl sites for hydroxylation is 1. The molecule has 5 aromatic carbocycles. The summed E-state index contributed by atoms with van der Waals surface area (Å²) < 4.78 is 2.11. The first-order valence-corrected chi connectivity index (χ1v) is 12.3. The zero-order valence-electron chi connectivity index (χ0n) is 20.2. The van der Waals surface area contributed by atoms with Crippen LogP contribution in [0, 0.1) is 6.92 Å². The van der Waals surface area contributed by atoms with Crippen molar-refractivity contribution in [3.63, 3.8) is 0 Å². The summed E-state index contributed by atoms with van der Waals surface area (Å²) >= 11 is 0. The molecule has 1 aliphatic heterocycles. The van der Waals surface area contributed by atoms with E-state index in [0.29, 0.717) is 22.5 Å². The molecule has 0 saturated heterocycles. The second kappa shape index (κ2) is 8.04. The average molecular weight is 479 g/mol. The van der Waals surface area contributed by atoms with Gasteiger partial charge < -0.3 is 4.57 Å². The molecule has 0 N–H and O–H groups in total. The summed E-state index contributed by atoms with van der Waals surface area (Å²) in [6, 6.07) is 37.7. The largest absolute Gasteiger partial charge is 0.308 e. The summed E-state index contributed by atoms with van der Waals surface area (Å²) in [7, 11) is 0. The number of aromatic nitrogens is 1. The van der Waals surface area contributed by atoms with E-state index in [1.54, 1.807) is 6.07 Å². The summed E-state index contributed by atoms with van der Waals surface area (Å²) in [5.74, 6) is -0.605. The number of anilines is 1. The van der Waals surface area contributed by atoms with Gasteiger partial charge in [-0.15, -0.1) is 0 Å². The lowest BCUT2D eigenvalue weighted by atomic mass is 10.1. The summed E-state index contributed by atoms with van der Waals surface area (Å²) in [6.07, 6.45) is 0. The number of amides is 2. The fraction of sp³-hybridized carbons (Fsp3) is 0.0303. The molecular weight excluding hydrogens is 456 g/mol. The van der Waals surface area contributed by atoms with Gasteiger partial charge in [-0.2, -0.15) is 0 Å². The Hall–Kier alpha value is -4.96. The molecule has 0 spiro atoms. The fourth-order valence-electron chi connectivity index (χ4n) is 5.47. The molecule has 4 heteroatoms. The molecule has 0 fully saturated rings. The molecule has 4 nitrogen and oxygen atoms in total. The van der Waals surface area contributed by atoms with Crippen molar-refractivity contribution in [3.8, 4) is 16.8 Å². The maximum absolute atomic E-state index is 13.9. The minimum Gasteiger partial charge on any atom is -0.308 e. The number of nitrogens with zero attached hydrogens (tertiary/aromatic N) is 2. The van der Waals surface area contributed by atoms with Gasteiger partial charge in [0.25, 0.3) is 11.8 Å². The van der Waals surface area contributed by atoms with Crippen molar-refractivity contribution in [1.82, 2.24) is 4.57 Å². The molecule has 0 atom stereocenters. The van der Waals surface area contributed by atoms with Crippen LogP contribution in [-0.2, 0) is 0 Å². The fourth-order valence-corrected chi connectivity index (χ4v) is 5.47. The van der Waals surface area contributed by atoms with Crippen molar-refractivity contribution in [2.24, 2.45) is 0 Å². The number of carbonyl (C=O) groups is 2. The van der Waals surface area contributed by atoms with Crippen LogP contribution in [-0.4, -0.2) is 16.4 Å². The topological polar surface area (TPSA) is 42.3 Å². The first-order chi connectivity index (χ1) is 18.1. The lowest BCUT2D eigenvalue weighted by Gasteiger charge is -2.15. The first kappa shape index (κ1) is 21.3. The van der Waals surface area contributed by atoms with E-state index in [-0.39, 0.29) is 11.8 Å². The average Bonchev–Trinajstić information content (AvgIpc) is 3.40. The number of hydrogen-bond acceptors (Lipinski definition) is 2. The van der Waals surface area contributed by atoms with Crippen LogP contribution in [0.2, 0.25) is 0 Å². The number of rotatable bonds is 3. The number of para-hydroxylation sites is 1. The third-order valence-electron chi connectivity index (χ3n) is 7.19. The third kappa shape index (κ3) is 3.16. The van der Waals surface area contributed by atoms with Crippen molar-refractivity contribution in [3.05, 3.63) is 132 Å². The predicted molar refractivity (Wildman–Crippen MR) is 149 cm³/mol. The first-order valence-electron chi connectivity index (χ1n) is 12.3. The molecule has 2 amide bonds. The maximum Gasteiger partial charge on any atom is 0.268 e. The van der Waals surface area contributed by atoms with Crippen molar-refractivity contribution in [2.45, 2.75) is 6.92 Å². The van der Waals surface area contributed by atoms with Crippen LogP contribution in [0.25, 0.3) is 38.6 Å². The molecule has 2 heterocycles. The van der Waals surface area contributed by atoms with Gasteiger partial charge in [0.15, 0.2) is 0 Å². The monoisotopic (exact) mass is 478 g/mol. The lowest BCUT2D eigenvalue weighted by Crippen LogP contribution is -2.29. The number of fused-ring (bicyclic) bond motifs is 4. The van der Waals surface area contributed by atoms with Crippen molar-refractivity contribution < 1.29 is 9.59 Å². The highest BCUT2D eigenvalue weighted by atomic mass is 16.2. The van der Waals surface area contributed by atoms with Crippen molar-refractivity contribution in [2.75, 3.05) is 4.90 Å². The molecule has 7 rings (SSSR count). The predicted octanol–water partition coefficient (Wildman–Crippen LogP) is 7.56. The number of imide groups is 1. The van der Waals surface area contributed by atoms with Crippen LogP contribution in [0.15, 0.2) is 115 Å². The minimum absolute atomic E-state index is 0.300. The Morgan fingerprint density at radius 1 is 0.568 bits per heavy atom. The van der Waals surface area contributed by atoms with E-state index in [9.17, 15) is 9.59 Å². The molecule has 176 valence electrons. The van der Waals surface area contributed by atoms with Crippen molar-refractivity contribution >= 4 is 39.3 Å². The highest BCUT2D eigenvalue weighted by Gasteiger charge is 2.39. The quantitative estimate of drug-likeness (QED) is 0.246. The van der Waals surface area contributed by atoms with Crippen LogP contribution in [0.5, 0.6) is 0 Å². The molecule has 0 unspecified atom stereocenters. The van der Waals surface area contributed by atoms with E-state index in [4.69, 9.17) is 0 Å². The van der Waals surface area contributed by atoms with Gasteiger partial charge in [0.2, 0.25) is 0 Å². The van der Waals surface area contributed by atoms with Gasteiger partial charge in [-0.25, -0.2) is 4.90 Å². The zero-order chi connectivity index (χ0) is 25.1. The molecule has 6 aromatic rings. The van der Waals surface area contributed by atoms with Crippen molar-refractivity contribution in [1.29, 1.82) is 0 Å². The Bertz CT molecular complexity index is 1860. The minimum atomic E-state index is -0.305. The van der Waals surface area contributed by atoms with Gasteiger partial charge in [0, 0.05) is 10.8 Å². The van der Waals surface area contributed by atoms with Gasteiger partial charge >= 0.3 is 0 Å². The van der Waals surface area contributed by atoms with Gasteiger partial charge in [0.05, 0.1) is 33.5 Å². The molecule has 0 bridgehead atoms. The van der Waals surface area contributed by atoms with E-state index in [1.165, 1.54) is 10.5 Å². The molecule has 1 aliphatic rings. The molecule has 0 saturated carbocycles. The van der Waals surface area contributed by atoms with Crippen LogP contribution in [0.1, 0.15) is 26.3 Å². The number of hydrogen-bond donors (Lipinski definition) is 0. The van der Waals surface area contributed by atoms with Gasteiger partial charge in [-0.05, 0) is 60.5 Å². The standard InChI is InChI=1S/C33H22N2O2/c1-21-14-19-29-27(20-21)25-10-5-6-12-28(25)35(29)30-13-7-11-26-31(30)33(37)34(32(26)36)24-17-15-23(16-18-24)22-8-3-2-4-9-22/h2-20H,1H3. The van der Waals surface area contributed by atoms with E-state index < -0.39 is 0 Å². The van der Waals surface area contributed by atoms with Crippen LogP contribution < -0.4 is 4.90 Å². The van der Waals surface area contributed by atoms with Gasteiger partial charge in [0.1, 0.15) is 0 Å². The van der Waals surface area contributed by atoms with Crippen LogP contribution in [0.3, 0.4) is 0 Å². The van der Waals surface area contributed by atoms with E-state index in [1.807, 2.05) is 78.9 Å².